The van der Waals surface area contributed by atoms with Crippen molar-refractivity contribution in [1.82, 2.24) is 0 Å². The summed E-state index contributed by atoms with van der Waals surface area (Å²) in [5.41, 5.74) is 4.39. The molecule has 2 heteroatoms. The van der Waals surface area contributed by atoms with Gasteiger partial charge in [0.05, 0.1) is 12.5 Å². The fourth-order valence-corrected chi connectivity index (χ4v) is 2.19. The SMILES string of the molecule is Cc1cc(Cl)cc(/C=C/c2ccc(CC#N)cc2)c1. The molecule has 0 heterocycles. The van der Waals surface area contributed by atoms with Crippen LogP contribution >= 0.6 is 11.6 Å². The first-order valence-corrected chi connectivity index (χ1v) is 6.46. The maximum Gasteiger partial charge on any atom is 0.0669 e. The minimum Gasteiger partial charge on any atom is -0.198 e. The number of nitrogens with zero attached hydrogens (tertiary/aromatic N) is 1. The van der Waals surface area contributed by atoms with Crippen LogP contribution in [0.2, 0.25) is 5.02 Å². The lowest BCUT2D eigenvalue weighted by molar-refractivity contribution is 1.26. The Labute approximate surface area is 118 Å². The highest BCUT2D eigenvalue weighted by Crippen LogP contribution is 2.17. The molecule has 0 bridgehead atoms. The van der Waals surface area contributed by atoms with Crippen LogP contribution in [0.4, 0.5) is 0 Å². The predicted molar refractivity (Wildman–Crippen MR) is 80.9 cm³/mol. The van der Waals surface area contributed by atoms with E-state index >= 15 is 0 Å². The number of hydrogen-bond donors (Lipinski definition) is 0. The van der Waals surface area contributed by atoms with Crippen molar-refractivity contribution in [2.24, 2.45) is 0 Å². The van der Waals surface area contributed by atoms with Crippen molar-refractivity contribution < 1.29 is 0 Å². The molecule has 94 valence electrons. The second kappa shape index (κ2) is 6.22. The van der Waals surface area contributed by atoms with E-state index in [1.165, 1.54) is 0 Å². The molecule has 19 heavy (non-hydrogen) atoms. The van der Waals surface area contributed by atoms with Crippen molar-refractivity contribution in [1.29, 1.82) is 5.26 Å². The van der Waals surface area contributed by atoms with Gasteiger partial charge < -0.3 is 0 Å². The average molecular weight is 268 g/mol. The average Bonchev–Trinajstić information content (AvgIpc) is 2.37. The number of halogens is 1. The van der Waals surface area contributed by atoms with Crippen LogP contribution in [0.5, 0.6) is 0 Å². The summed E-state index contributed by atoms with van der Waals surface area (Å²) < 4.78 is 0. The first-order chi connectivity index (χ1) is 9.17. The molecule has 0 atom stereocenters. The highest BCUT2D eigenvalue weighted by atomic mass is 35.5. The number of hydrogen-bond acceptors (Lipinski definition) is 1. The molecule has 2 aromatic rings. The molecule has 0 unspecified atom stereocenters. The number of aryl methyl sites for hydroxylation is 1. The highest BCUT2D eigenvalue weighted by Gasteiger charge is 1.94. The van der Waals surface area contributed by atoms with Gasteiger partial charge in [0.2, 0.25) is 0 Å². The first-order valence-electron chi connectivity index (χ1n) is 6.08. The van der Waals surface area contributed by atoms with Gasteiger partial charge in [0.1, 0.15) is 0 Å². The van der Waals surface area contributed by atoms with E-state index in [0.29, 0.717) is 6.42 Å². The van der Waals surface area contributed by atoms with Gasteiger partial charge in [0.25, 0.3) is 0 Å². The van der Waals surface area contributed by atoms with E-state index in [2.05, 4.69) is 12.1 Å². The van der Waals surface area contributed by atoms with Gasteiger partial charge in [-0.15, -0.1) is 0 Å². The highest BCUT2D eigenvalue weighted by molar-refractivity contribution is 6.30. The van der Waals surface area contributed by atoms with E-state index in [-0.39, 0.29) is 0 Å². The van der Waals surface area contributed by atoms with Crippen molar-refractivity contribution in [3.8, 4) is 6.07 Å². The Morgan fingerprint density at radius 3 is 2.37 bits per heavy atom. The second-order valence-electron chi connectivity index (χ2n) is 4.47. The molecule has 2 aromatic carbocycles. The van der Waals surface area contributed by atoms with Crippen LogP contribution in [0.15, 0.2) is 42.5 Å². The van der Waals surface area contributed by atoms with Gasteiger partial charge in [-0.25, -0.2) is 0 Å². The predicted octanol–water partition coefficient (Wildman–Crippen LogP) is 4.88. The summed E-state index contributed by atoms with van der Waals surface area (Å²) in [6, 6.07) is 16.1. The van der Waals surface area contributed by atoms with Gasteiger partial charge in [0.15, 0.2) is 0 Å². The normalized spacial score (nSPS) is 10.6. The van der Waals surface area contributed by atoms with E-state index in [9.17, 15) is 0 Å². The van der Waals surface area contributed by atoms with Crippen LogP contribution in [0.1, 0.15) is 22.3 Å². The second-order valence-corrected chi connectivity index (χ2v) is 4.91. The molecule has 0 N–H and O–H groups in total. The summed E-state index contributed by atoms with van der Waals surface area (Å²) in [6.07, 6.45) is 4.54. The minimum absolute atomic E-state index is 0.456. The van der Waals surface area contributed by atoms with E-state index in [4.69, 9.17) is 16.9 Å². The molecule has 2 rings (SSSR count). The van der Waals surface area contributed by atoms with E-state index in [0.717, 1.165) is 27.3 Å². The Kier molecular flexibility index (Phi) is 4.39. The number of rotatable bonds is 3. The summed E-state index contributed by atoms with van der Waals surface area (Å²) in [6.45, 7) is 2.03. The van der Waals surface area contributed by atoms with Crippen molar-refractivity contribution >= 4 is 23.8 Å². The molecule has 1 nitrogen and oxygen atoms in total. The quantitative estimate of drug-likeness (QED) is 0.727. The fraction of sp³-hybridized carbons (Fsp3) is 0.118. The van der Waals surface area contributed by atoms with Crippen molar-refractivity contribution in [2.75, 3.05) is 0 Å². The largest absolute Gasteiger partial charge is 0.198 e. The van der Waals surface area contributed by atoms with Crippen LogP contribution in [-0.2, 0) is 6.42 Å². The van der Waals surface area contributed by atoms with E-state index in [1.807, 2.05) is 55.5 Å². The lowest BCUT2D eigenvalue weighted by atomic mass is 10.1. The molecule has 0 aliphatic rings. The lowest BCUT2D eigenvalue weighted by Crippen LogP contribution is -1.81. The molecule has 0 aliphatic heterocycles. The molecule has 0 aliphatic carbocycles. The van der Waals surface area contributed by atoms with Crippen molar-refractivity contribution in [2.45, 2.75) is 13.3 Å². The van der Waals surface area contributed by atoms with Gasteiger partial charge >= 0.3 is 0 Å². The maximum absolute atomic E-state index is 8.62. The molecule has 0 saturated heterocycles. The third-order valence-corrected chi connectivity index (χ3v) is 3.01. The van der Waals surface area contributed by atoms with Crippen LogP contribution < -0.4 is 0 Å². The van der Waals surface area contributed by atoms with E-state index in [1.54, 1.807) is 0 Å². The third-order valence-electron chi connectivity index (χ3n) is 2.80. The molecule has 0 spiro atoms. The van der Waals surface area contributed by atoms with Gasteiger partial charge in [-0.1, -0.05) is 54.1 Å². The van der Waals surface area contributed by atoms with Crippen LogP contribution in [-0.4, -0.2) is 0 Å². The molecular formula is C17H14ClN. The Balaban J connectivity index is 2.16. The Morgan fingerprint density at radius 1 is 1.05 bits per heavy atom. The topological polar surface area (TPSA) is 23.8 Å². The lowest BCUT2D eigenvalue weighted by Gasteiger charge is -1.99. The molecule has 0 amide bonds. The van der Waals surface area contributed by atoms with Crippen LogP contribution in [0, 0.1) is 18.3 Å². The van der Waals surface area contributed by atoms with Crippen molar-refractivity contribution in [3.63, 3.8) is 0 Å². The van der Waals surface area contributed by atoms with E-state index < -0.39 is 0 Å². The summed E-state index contributed by atoms with van der Waals surface area (Å²) >= 11 is 6.02. The zero-order chi connectivity index (χ0) is 13.7. The summed E-state index contributed by atoms with van der Waals surface area (Å²) in [5.74, 6) is 0. The van der Waals surface area contributed by atoms with Crippen molar-refractivity contribution in [3.05, 3.63) is 69.7 Å². The fourth-order valence-electron chi connectivity index (χ4n) is 1.89. The summed E-state index contributed by atoms with van der Waals surface area (Å²) in [4.78, 5) is 0. The molecular weight excluding hydrogens is 254 g/mol. The standard InChI is InChI=1S/C17H14ClN/c1-13-10-16(12-17(18)11-13)7-6-14-2-4-15(5-3-14)8-9-19/h2-7,10-12H,8H2,1H3/b7-6+. The molecule has 0 aromatic heterocycles. The van der Waals surface area contributed by atoms with Gasteiger partial charge in [-0.3, -0.25) is 0 Å². The molecule has 0 radical (unpaired) electrons. The Morgan fingerprint density at radius 2 is 1.74 bits per heavy atom. The van der Waals surface area contributed by atoms with Gasteiger partial charge in [0, 0.05) is 5.02 Å². The molecule has 0 saturated carbocycles. The maximum atomic E-state index is 8.62. The molecule has 0 fully saturated rings. The van der Waals surface area contributed by atoms with Crippen LogP contribution in [0.25, 0.3) is 12.2 Å². The number of nitriles is 1. The minimum atomic E-state index is 0.456. The zero-order valence-electron chi connectivity index (χ0n) is 10.7. The Bertz CT molecular complexity index is 613. The summed E-state index contributed by atoms with van der Waals surface area (Å²) in [7, 11) is 0. The monoisotopic (exact) mass is 267 g/mol. The smallest absolute Gasteiger partial charge is 0.0669 e. The summed E-state index contributed by atoms with van der Waals surface area (Å²) in [5, 5.41) is 9.37. The van der Waals surface area contributed by atoms with Gasteiger partial charge in [-0.2, -0.15) is 5.26 Å². The van der Waals surface area contributed by atoms with Gasteiger partial charge in [-0.05, 0) is 41.3 Å². The Hall–Kier alpha value is -2.04. The zero-order valence-corrected chi connectivity index (χ0v) is 11.5. The number of benzene rings is 2. The van der Waals surface area contributed by atoms with Crippen LogP contribution in [0.3, 0.4) is 0 Å². The first kappa shape index (κ1) is 13.4. The third kappa shape index (κ3) is 3.98.